The number of thiocarbonyl (C=S) groups is 1. The van der Waals surface area contributed by atoms with Crippen molar-refractivity contribution in [3.05, 3.63) is 48.6 Å². The Morgan fingerprint density at radius 3 is 2.38 bits per heavy atom. The molecule has 4 heteroatoms. The van der Waals surface area contributed by atoms with E-state index in [4.69, 9.17) is 12.2 Å². The summed E-state index contributed by atoms with van der Waals surface area (Å²) in [4.78, 5) is 2.18. The molecule has 24 heavy (non-hydrogen) atoms. The van der Waals surface area contributed by atoms with Gasteiger partial charge >= 0.3 is 0 Å². The monoisotopic (exact) mass is 345 g/mol. The number of hydrogen-bond acceptors (Lipinski definition) is 2. The van der Waals surface area contributed by atoms with Crippen LogP contribution < -0.4 is 10.6 Å². The molecule has 1 aromatic carbocycles. The molecule has 1 heterocycles. The summed E-state index contributed by atoms with van der Waals surface area (Å²) in [6.07, 6.45) is 4.03. The maximum atomic E-state index is 5.72. The molecule has 0 atom stereocenters. The Labute approximate surface area is 152 Å². The van der Waals surface area contributed by atoms with E-state index in [0.29, 0.717) is 6.04 Å². The molecule has 2 rings (SSSR count). The first-order valence-corrected chi connectivity index (χ1v) is 9.11. The maximum absolute atomic E-state index is 5.72. The first-order chi connectivity index (χ1) is 11.2. The van der Waals surface area contributed by atoms with Gasteiger partial charge in [-0.25, -0.2) is 0 Å². The van der Waals surface area contributed by atoms with Crippen LogP contribution in [0.1, 0.15) is 46.1 Å². The summed E-state index contributed by atoms with van der Waals surface area (Å²) in [6, 6.07) is 10.8. The summed E-state index contributed by atoms with van der Waals surface area (Å²) in [5, 5.41) is 8.14. The van der Waals surface area contributed by atoms with Gasteiger partial charge in [0.1, 0.15) is 0 Å². The lowest BCUT2D eigenvalue weighted by atomic mass is 9.80. The zero-order valence-corrected chi connectivity index (χ0v) is 16.2. The summed E-state index contributed by atoms with van der Waals surface area (Å²) in [6.45, 7) is 14.5. The summed E-state index contributed by atoms with van der Waals surface area (Å²) in [5.41, 5.74) is 1.48. The largest absolute Gasteiger partial charge is 0.360 e. The lowest BCUT2D eigenvalue weighted by Crippen LogP contribution is -2.62. The van der Waals surface area contributed by atoms with Crippen molar-refractivity contribution in [2.24, 2.45) is 0 Å². The fourth-order valence-electron chi connectivity index (χ4n) is 3.87. The highest BCUT2D eigenvalue weighted by molar-refractivity contribution is 7.80. The smallest absolute Gasteiger partial charge is 0.169 e. The average molecular weight is 346 g/mol. The van der Waals surface area contributed by atoms with Gasteiger partial charge in [0.15, 0.2) is 5.11 Å². The van der Waals surface area contributed by atoms with Crippen LogP contribution in [0.2, 0.25) is 0 Å². The topological polar surface area (TPSA) is 27.3 Å². The third-order valence-corrected chi connectivity index (χ3v) is 4.75. The number of rotatable bonds is 5. The second kappa shape index (κ2) is 7.66. The van der Waals surface area contributed by atoms with Gasteiger partial charge in [-0.2, -0.15) is 0 Å². The quantitative estimate of drug-likeness (QED) is 0.626. The molecule has 0 saturated carbocycles. The van der Waals surface area contributed by atoms with Crippen molar-refractivity contribution >= 4 is 17.3 Å². The summed E-state index contributed by atoms with van der Waals surface area (Å²) >= 11 is 5.72. The Morgan fingerprint density at radius 2 is 1.83 bits per heavy atom. The van der Waals surface area contributed by atoms with Crippen LogP contribution in [0.4, 0.5) is 0 Å². The normalized spacial score (nSPS) is 19.5. The van der Waals surface area contributed by atoms with E-state index in [-0.39, 0.29) is 11.1 Å². The van der Waals surface area contributed by atoms with Crippen molar-refractivity contribution in [2.75, 3.05) is 6.54 Å². The Hall–Kier alpha value is -1.39. The lowest BCUT2D eigenvalue weighted by molar-refractivity contribution is 0.154. The van der Waals surface area contributed by atoms with Gasteiger partial charge in [0.25, 0.3) is 0 Å². The Balaban J connectivity index is 2.03. The summed E-state index contributed by atoms with van der Waals surface area (Å²) in [5.74, 6) is 0. The Morgan fingerprint density at radius 1 is 1.25 bits per heavy atom. The third kappa shape index (κ3) is 5.60. The highest BCUT2D eigenvalue weighted by atomic mass is 32.1. The minimum atomic E-state index is 0.109. The van der Waals surface area contributed by atoms with Crippen LogP contribution in [0.3, 0.4) is 0 Å². The van der Waals surface area contributed by atoms with Gasteiger partial charge in [-0.3, -0.25) is 0 Å². The zero-order chi connectivity index (χ0) is 17.8. The molecule has 0 spiro atoms. The second-order valence-electron chi connectivity index (χ2n) is 8.10. The summed E-state index contributed by atoms with van der Waals surface area (Å²) in [7, 11) is 0. The predicted octanol–water partition coefficient (Wildman–Crippen LogP) is 3.86. The predicted molar refractivity (Wildman–Crippen MR) is 107 cm³/mol. The highest BCUT2D eigenvalue weighted by Crippen LogP contribution is 2.28. The molecule has 1 aromatic rings. The van der Waals surface area contributed by atoms with E-state index in [1.165, 1.54) is 5.56 Å². The van der Waals surface area contributed by atoms with E-state index in [2.05, 4.69) is 74.1 Å². The number of hydrogen-bond donors (Lipinski definition) is 2. The minimum absolute atomic E-state index is 0.109. The molecule has 132 valence electrons. The molecule has 0 aliphatic carbocycles. The standard InChI is InChI=1S/C20H31N3S/c1-6-12-23(15-16-10-8-7-9-11-16)18(24)21-17-13-19(2,3)22-20(4,5)14-17/h6-11,17,22H,1,12-15H2,2-5H3,(H,21,24). The van der Waals surface area contributed by atoms with E-state index in [1.807, 2.05) is 12.1 Å². The molecule has 1 saturated heterocycles. The van der Waals surface area contributed by atoms with E-state index >= 15 is 0 Å². The van der Waals surface area contributed by atoms with Crippen LogP contribution in [0.15, 0.2) is 43.0 Å². The van der Waals surface area contributed by atoms with E-state index in [1.54, 1.807) is 0 Å². The molecule has 0 aromatic heterocycles. The Kier molecular flexibility index (Phi) is 6.05. The van der Waals surface area contributed by atoms with Crippen molar-refractivity contribution in [2.45, 2.75) is 64.2 Å². The van der Waals surface area contributed by atoms with Crippen molar-refractivity contribution in [1.82, 2.24) is 15.5 Å². The van der Waals surface area contributed by atoms with Crippen LogP contribution in [-0.2, 0) is 6.54 Å². The molecule has 2 N–H and O–H groups in total. The Bertz CT molecular complexity index is 550. The van der Waals surface area contributed by atoms with Gasteiger partial charge < -0.3 is 15.5 Å². The maximum Gasteiger partial charge on any atom is 0.169 e. The van der Waals surface area contributed by atoms with Crippen molar-refractivity contribution in [1.29, 1.82) is 0 Å². The number of piperidine rings is 1. The van der Waals surface area contributed by atoms with Gasteiger partial charge in [-0.1, -0.05) is 36.4 Å². The van der Waals surface area contributed by atoms with Crippen LogP contribution in [0.5, 0.6) is 0 Å². The van der Waals surface area contributed by atoms with Crippen molar-refractivity contribution < 1.29 is 0 Å². The number of nitrogens with one attached hydrogen (secondary N) is 2. The average Bonchev–Trinajstić information content (AvgIpc) is 2.44. The van der Waals surface area contributed by atoms with E-state index < -0.39 is 0 Å². The zero-order valence-electron chi connectivity index (χ0n) is 15.4. The van der Waals surface area contributed by atoms with Gasteiger partial charge in [0, 0.05) is 30.2 Å². The minimum Gasteiger partial charge on any atom is -0.360 e. The molecular weight excluding hydrogens is 314 g/mol. The molecular formula is C20H31N3S. The van der Waals surface area contributed by atoms with Gasteiger partial charge in [0.2, 0.25) is 0 Å². The first kappa shape index (κ1) is 18.9. The second-order valence-corrected chi connectivity index (χ2v) is 8.49. The number of benzene rings is 1. The lowest BCUT2D eigenvalue weighted by Gasteiger charge is -2.47. The highest BCUT2D eigenvalue weighted by Gasteiger charge is 2.38. The molecule has 0 radical (unpaired) electrons. The van der Waals surface area contributed by atoms with Crippen molar-refractivity contribution in [3.8, 4) is 0 Å². The summed E-state index contributed by atoms with van der Waals surface area (Å²) < 4.78 is 0. The van der Waals surface area contributed by atoms with E-state index in [9.17, 15) is 0 Å². The molecule has 0 unspecified atom stereocenters. The molecule has 0 bridgehead atoms. The van der Waals surface area contributed by atoms with Gasteiger partial charge in [-0.05, 0) is 58.3 Å². The SMILES string of the molecule is C=CCN(Cc1ccccc1)C(=S)NC1CC(C)(C)NC(C)(C)C1. The van der Waals surface area contributed by atoms with Crippen LogP contribution >= 0.6 is 12.2 Å². The molecule has 3 nitrogen and oxygen atoms in total. The molecule has 1 aliphatic heterocycles. The van der Waals surface area contributed by atoms with Crippen LogP contribution in [0, 0.1) is 0 Å². The van der Waals surface area contributed by atoms with Gasteiger partial charge in [-0.15, -0.1) is 6.58 Å². The number of nitrogens with zero attached hydrogens (tertiary/aromatic N) is 1. The first-order valence-electron chi connectivity index (χ1n) is 8.70. The third-order valence-electron chi connectivity index (χ3n) is 4.37. The molecule has 1 fully saturated rings. The fourth-order valence-corrected chi connectivity index (χ4v) is 4.17. The molecule has 0 amide bonds. The fraction of sp³-hybridized carbons (Fsp3) is 0.550. The van der Waals surface area contributed by atoms with Crippen molar-refractivity contribution in [3.63, 3.8) is 0 Å². The van der Waals surface area contributed by atoms with Crippen LogP contribution in [0.25, 0.3) is 0 Å². The molecule has 1 aliphatic rings. The van der Waals surface area contributed by atoms with Gasteiger partial charge in [0.05, 0.1) is 0 Å². The van der Waals surface area contributed by atoms with E-state index in [0.717, 1.165) is 31.0 Å². The van der Waals surface area contributed by atoms with Crippen LogP contribution in [-0.4, -0.2) is 33.7 Å².